The van der Waals surface area contributed by atoms with Gasteiger partial charge in [-0.3, -0.25) is 0 Å². The Morgan fingerprint density at radius 1 is 1.10 bits per heavy atom. The number of para-hydroxylation sites is 1. The molecule has 20 heavy (non-hydrogen) atoms. The highest BCUT2D eigenvalue weighted by Gasteiger charge is 2.05. The molecule has 0 saturated carbocycles. The van der Waals surface area contributed by atoms with E-state index < -0.39 is 0 Å². The summed E-state index contributed by atoms with van der Waals surface area (Å²) in [6.45, 7) is 1.88. The standard InChI is InChI=1S/C17H22N2O/c1-19(13-14-6-5-8-16(18)12-14)11-10-15-7-3-4-9-17(15)20-2/h3-9,12H,10-11,13,18H2,1-2H3. The second-order valence-corrected chi connectivity index (χ2v) is 5.04. The minimum absolute atomic E-state index is 0.820. The molecule has 0 bridgehead atoms. The molecule has 0 heterocycles. The average Bonchev–Trinajstić information content (AvgIpc) is 2.45. The first-order chi connectivity index (χ1) is 9.69. The van der Waals surface area contributed by atoms with Gasteiger partial charge in [-0.15, -0.1) is 0 Å². The lowest BCUT2D eigenvalue weighted by Gasteiger charge is -2.17. The van der Waals surface area contributed by atoms with Gasteiger partial charge in [-0.2, -0.15) is 0 Å². The molecule has 0 fully saturated rings. The zero-order valence-corrected chi connectivity index (χ0v) is 12.2. The van der Waals surface area contributed by atoms with Gasteiger partial charge in [0, 0.05) is 18.8 Å². The van der Waals surface area contributed by atoms with E-state index in [0.717, 1.165) is 30.9 Å². The molecule has 2 N–H and O–H groups in total. The van der Waals surface area contributed by atoms with Gasteiger partial charge in [0.15, 0.2) is 0 Å². The summed E-state index contributed by atoms with van der Waals surface area (Å²) in [5.41, 5.74) is 9.11. The number of rotatable bonds is 6. The van der Waals surface area contributed by atoms with Crippen molar-refractivity contribution in [3.8, 4) is 5.75 Å². The zero-order valence-electron chi connectivity index (χ0n) is 12.2. The number of nitrogen functional groups attached to an aromatic ring is 1. The van der Waals surface area contributed by atoms with Crippen LogP contribution < -0.4 is 10.5 Å². The molecule has 2 rings (SSSR count). The lowest BCUT2D eigenvalue weighted by molar-refractivity contribution is 0.328. The monoisotopic (exact) mass is 270 g/mol. The summed E-state index contributed by atoms with van der Waals surface area (Å²) in [6, 6.07) is 16.2. The molecule has 0 spiro atoms. The van der Waals surface area contributed by atoms with E-state index >= 15 is 0 Å². The van der Waals surface area contributed by atoms with Gasteiger partial charge in [-0.05, 0) is 42.8 Å². The summed E-state index contributed by atoms with van der Waals surface area (Å²) >= 11 is 0. The topological polar surface area (TPSA) is 38.5 Å². The second-order valence-electron chi connectivity index (χ2n) is 5.04. The van der Waals surface area contributed by atoms with Crippen LogP contribution in [0.1, 0.15) is 11.1 Å². The van der Waals surface area contributed by atoms with E-state index in [2.05, 4.69) is 30.1 Å². The Hall–Kier alpha value is -2.00. The third kappa shape index (κ3) is 4.00. The van der Waals surface area contributed by atoms with Crippen molar-refractivity contribution >= 4 is 5.69 Å². The van der Waals surface area contributed by atoms with Crippen LogP contribution in [0.25, 0.3) is 0 Å². The molecule has 0 aliphatic carbocycles. The van der Waals surface area contributed by atoms with E-state index in [1.165, 1.54) is 11.1 Å². The lowest BCUT2D eigenvalue weighted by Crippen LogP contribution is -2.21. The van der Waals surface area contributed by atoms with Gasteiger partial charge in [-0.25, -0.2) is 0 Å². The quantitative estimate of drug-likeness (QED) is 0.820. The Bertz CT molecular complexity index is 554. The number of ether oxygens (including phenoxy) is 1. The normalized spacial score (nSPS) is 10.8. The fourth-order valence-corrected chi connectivity index (χ4v) is 2.30. The molecular weight excluding hydrogens is 248 g/mol. The Labute approximate surface area is 121 Å². The highest BCUT2D eigenvalue weighted by molar-refractivity contribution is 5.40. The Balaban J connectivity index is 1.90. The van der Waals surface area contributed by atoms with Crippen molar-refractivity contribution < 1.29 is 4.74 Å². The van der Waals surface area contributed by atoms with E-state index in [4.69, 9.17) is 10.5 Å². The second kappa shape index (κ2) is 6.96. The molecule has 0 saturated heterocycles. The molecule has 0 aromatic heterocycles. The Morgan fingerprint density at radius 3 is 2.65 bits per heavy atom. The SMILES string of the molecule is COc1ccccc1CCN(C)Cc1cccc(N)c1. The van der Waals surface area contributed by atoms with Gasteiger partial charge >= 0.3 is 0 Å². The van der Waals surface area contributed by atoms with Crippen molar-refractivity contribution in [3.63, 3.8) is 0 Å². The van der Waals surface area contributed by atoms with Gasteiger partial charge in [-0.1, -0.05) is 30.3 Å². The summed E-state index contributed by atoms with van der Waals surface area (Å²) < 4.78 is 5.38. The molecule has 0 aliphatic heterocycles. The largest absolute Gasteiger partial charge is 0.496 e. The minimum atomic E-state index is 0.820. The molecule has 0 amide bonds. The predicted octanol–water partition coefficient (Wildman–Crippen LogP) is 2.95. The van der Waals surface area contributed by atoms with Crippen molar-refractivity contribution in [1.82, 2.24) is 4.90 Å². The molecule has 0 aliphatic rings. The Kier molecular flexibility index (Phi) is 5.02. The van der Waals surface area contributed by atoms with Crippen LogP contribution in [0.2, 0.25) is 0 Å². The van der Waals surface area contributed by atoms with Crippen molar-refractivity contribution in [1.29, 1.82) is 0 Å². The molecule has 2 aromatic rings. The van der Waals surface area contributed by atoms with Gasteiger partial charge in [0.2, 0.25) is 0 Å². The molecule has 3 nitrogen and oxygen atoms in total. The maximum atomic E-state index is 5.80. The van der Waals surface area contributed by atoms with Crippen molar-refractivity contribution in [2.45, 2.75) is 13.0 Å². The van der Waals surface area contributed by atoms with E-state index in [-0.39, 0.29) is 0 Å². The van der Waals surface area contributed by atoms with Crippen molar-refractivity contribution in [2.75, 3.05) is 26.4 Å². The molecular formula is C17H22N2O. The first-order valence-electron chi connectivity index (χ1n) is 6.84. The lowest BCUT2D eigenvalue weighted by atomic mass is 10.1. The molecule has 0 unspecified atom stereocenters. The maximum absolute atomic E-state index is 5.80. The van der Waals surface area contributed by atoms with E-state index in [1.807, 2.05) is 30.3 Å². The number of hydrogen-bond acceptors (Lipinski definition) is 3. The summed E-state index contributed by atoms with van der Waals surface area (Å²) in [4.78, 5) is 2.29. The van der Waals surface area contributed by atoms with Gasteiger partial charge in [0.1, 0.15) is 5.75 Å². The van der Waals surface area contributed by atoms with Crippen LogP contribution in [0.5, 0.6) is 5.75 Å². The number of likely N-dealkylation sites (N-methyl/N-ethyl adjacent to an activating group) is 1. The number of methoxy groups -OCH3 is 1. The minimum Gasteiger partial charge on any atom is -0.496 e. The molecule has 2 aromatic carbocycles. The number of nitrogens with zero attached hydrogens (tertiary/aromatic N) is 1. The van der Waals surface area contributed by atoms with Crippen LogP contribution >= 0.6 is 0 Å². The third-order valence-electron chi connectivity index (χ3n) is 3.36. The van der Waals surface area contributed by atoms with E-state index in [1.54, 1.807) is 7.11 Å². The van der Waals surface area contributed by atoms with Crippen molar-refractivity contribution in [2.24, 2.45) is 0 Å². The summed E-state index contributed by atoms with van der Waals surface area (Å²) in [5, 5.41) is 0. The third-order valence-corrected chi connectivity index (χ3v) is 3.36. The van der Waals surface area contributed by atoms with Crippen LogP contribution in [0.3, 0.4) is 0 Å². The first-order valence-corrected chi connectivity index (χ1v) is 6.84. The van der Waals surface area contributed by atoms with Crippen molar-refractivity contribution in [3.05, 3.63) is 59.7 Å². The van der Waals surface area contributed by atoms with Crippen LogP contribution in [0, 0.1) is 0 Å². The highest BCUT2D eigenvalue weighted by atomic mass is 16.5. The van der Waals surface area contributed by atoms with Gasteiger partial charge < -0.3 is 15.4 Å². The first kappa shape index (κ1) is 14.4. The fraction of sp³-hybridized carbons (Fsp3) is 0.294. The van der Waals surface area contributed by atoms with Gasteiger partial charge in [0.25, 0.3) is 0 Å². The maximum Gasteiger partial charge on any atom is 0.122 e. The summed E-state index contributed by atoms with van der Waals surface area (Å²) in [5.74, 6) is 0.963. The zero-order chi connectivity index (χ0) is 14.4. The number of benzene rings is 2. The number of hydrogen-bond donors (Lipinski definition) is 1. The van der Waals surface area contributed by atoms with E-state index in [9.17, 15) is 0 Å². The van der Waals surface area contributed by atoms with E-state index in [0.29, 0.717) is 0 Å². The molecule has 106 valence electrons. The highest BCUT2D eigenvalue weighted by Crippen LogP contribution is 2.18. The van der Waals surface area contributed by atoms with Crippen LogP contribution in [-0.4, -0.2) is 25.6 Å². The molecule has 0 radical (unpaired) electrons. The summed E-state index contributed by atoms with van der Waals surface area (Å²) in [7, 11) is 3.84. The fourth-order valence-electron chi connectivity index (χ4n) is 2.30. The number of anilines is 1. The van der Waals surface area contributed by atoms with Crippen LogP contribution in [-0.2, 0) is 13.0 Å². The smallest absolute Gasteiger partial charge is 0.122 e. The summed E-state index contributed by atoms with van der Waals surface area (Å²) in [6.07, 6.45) is 0.975. The average molecular weight is 270 g/mol. The predicted molar refractivity (Wildman–Crippen MR) is 83.9 cm³/mol. The Morgan fingerprint density at radius 2 is 1.90 bits per heavy atom. The van der Waals surface area contributed by atoms with Crippen LogP contribution in [0.15, 0.2) is 48.5 Å². The molecule has 0 atom stereocenters. The van der Waals surface area contributed by atoms with Gasteiger partial charge in [0.05, 0.1) is 7.11 Å². The van der Waals surface area contributed by atoms with Crippen LogP contribution in [0.4, 0.5) is 5.69 Å². The molecule has 3 heteroatoms. The number of nitrogens with two attached hydrogens (primary N) is 1.